The van der Waals surface area contributed by atoms with Crippen molar-refractivity contribution in [2.75, 3.05) is 4.90 Å². The van der Waals surface area contributed by atoms with Crippen molar-refractivity contribution in [1.82, 2.24) is 4.98 Å². The predicted molar refractivity (Wildman–Crippen MR) is 134 cm³/mol. The van der Waals surface area contributed by atoms with Crippen molar-refractivity contribution in [2.45, 2.75) is 26.9 Å². The van der Waals surface area contributed by atoms with E-state index < -0.39 is 5.97 Å². The van der Waals surface area contributed by atoms with E-state index >= 15 is 0 Å². The lowest BCUT2D eigenvalue weighted by atomic mass is 10.0. The molecule has 0 aliphatic carbocycles. The van der Waals surface area contributed by atoms with Crippen LogP contribution in [0.25, 0.3) is 0 Å². The number of esters is 1. The minimum atomic E-state index is -0.603. The van der Waals surface area contributed by atoms with Crippen LogP contribution in [0.15, 0.2) is 71.4 Å². The van der Waals surface area contributed by atoms with Gasteiger partial charge in [-0.3, -0.25) is 14.5 Å². The van der Waals surface area contributed by atoms with Crippen LogP contribution in [0.4, 0.5) is 10.8 Å². The van der Waals surface area contributed by atoms with Crippen LogP contribution < -0.4 is 4.90 Å². The summed E-state index contributed by atoms with van der Waals surface area (Å²) in [7, 11) is 0. The highest BCUT2D eigenvalue weighted by molar-refractivity contribution is 7.14. The minimum absolute atomic E-state index is 0.0720. The number of thiophene rings is 1. The molecule has 0 bridgehead atoms. The zero-order chi connectivity index (χ0) is 24.1. The molecule has 0 atom stereocenters. The van der Waals surface area contributed by atoms with Gasteiger partial charge in [-0.1, -0.05) is 43.3 Å². The molecule has 2 aromatic heterocycles. The maximum atomic E-state index is 12.8. The molecule has 8 heteroatoms. The summed E-state index contributed by atoms with van der Waals surface area (Å²) in [6, 6.07) is 17.9. The van der Waals surface area contributed by atoms with Gasteiger partial charge in [0.2, 0.25) is 11.7 Å². The number of aromatic nitrogens is 1. The molecule has 0 aliphatic heterocycles. The van der Waals surface area contributed by atoms with Gasteiger partial charge < -0.3 is 4.74 Å². The Hall–Kier alpha value is -3.62. The molecular weight excluding hydrogens is 468 g/mol. The Morgan fingerprint density at radius 3 is 2.32 bits per heavy atom. The van der Waals surface area contributed by atoms with Gasteiger partial charge in [-0.15, -0.1) is 22.7 Å². The Labute approximate surface area is 205 Å². The van der Waals surface area contributed by atoms with Crippen molar-refractivity contribution < 1.29 is 19.1 Å². The molecule has 4 aromatic rings. The summed E-state index contributed by atoms with van der Waals surface area (Å²) in [5.74, 6) is -0.985. The molecule has 4 rings (SSSR count). The normalized spacial score (nSPS) is 10.6. The van der Waals surface area contributed by atoms with Gasteiger partial charge in [0, 0.05) is 17.9 Å². The van der Waals surface area contributed by atoms with Crippen LogP contribution in [-0.2, 0) is 22.6 Å². The standard InChI is InChI=1S/C26H22N2O4S2/c1-3-18-10-12-20(13-11-18)28(17(2)29)26-27-19(16-34-26)15-32-25(31)22-8-5-4-7-21(22)24(30)23-9-6-14-33-23/h4-14,16H,3,15H2,1-2H3. The zero-order valence-electron chi connectivity index (χ0n) is 18.7. The zero-order valence-corrected chi connectivity index (χ0v) is 20.3. The molecule has 0 spiro atoms. The first-order chi connectivity index (χ1) is 16.5. The Morgan fingerprint density at radius 2 is 1.68 bits per heavy atom. The van der Waals surface area contributed by atoms with E-state index in [1.54, 1.807) is 41.8 Å². The third-order valence-electron chi connectivity index (χ3n) is 5.14. The molecular formula is C26H22N2O4S2. The topological polar surface area (TPSA) is 76.6 Å². The lowest BCUT2D eigenvalue weighted by Crippen LogP contribution is -2.22. The number of nitrogens with zero attached hydrogens (tertiary/aromatic N) is 2. The summed E-state index contributed by atoms with van der Waals surface area (Å²) in [5.41, 5.74) is 2.93. The number of aryl methyl sites for hydroxylation is 1. The maximum absolute atomic E-state index is 12.8. The average Bonchev–Trinajstić information content (AvgIpc) is 3.55. The van der Waals surface area contributed by atoms with Crippen molar-refractivity contribution >= 4 is 51.2 Å². The van der Waals surface area contributed by atoms with E-state index in [0.717, 1.165) is 12.1 Å². The molecule has 0 saturated carbocycles. The van der Waals surface area contributed by atoms with Crippen LogP contribution in [0.5, 0.6) is 0 Å². The number of thiazole rings is 1. The fourth-order valence-corrected chi connectivity index (χ4v) is 4.94. The fourth-order valence-electron chi connectivity index (χ4n) is 3.39. The Morgan fingerprint density at radius 1 is 0.941 bits per heavy atom. The van der Waals surface area contributed by atoms with Crippen LogP contribution >= 0.6 is 22.7 Å². The molecule has 0 unspecified atom stereocenters. The molecule has 0 N–H and O–H groups in total. The molecule has 2 heterocycles. The predicted octanol–water partition coefficient (Wildman–Crippen LogP) is 6.04. The number of benzene rings is 2. The molecule has 0 saturated heterocycles. The molecule has 0 fully saturated rings. The van der Waals surface area contributed by atoms with E-state index in [2.05, 4.69) is 11.9 Å². The number of hydrogen-bond donors (Lipinski definition) is 0. The first-order valence-electron chi connectivity index (χ1n) is 10.7. The average molecular weight is 491 g/mol. The molecule has 0 radical (unpaired) electrons. The lowest BCUT2D eigenvalue weighted by molar-refractivity contribution is -0.115. The maximum Gasteiger partial charge on any atom is 0.339 e. The van der Waals surface area contributed by atoms with Gasteiger partial charge in [0.05, 0.1) is 21.8 Å². The Bertz CT molecular complexity index is 1310. The third kappa shape index (κ3) is 5.13. The summed E-state index contributed by atoms with van der Waals surface area (Å²) in [6.07, 6.45) is 0.912. The molecule has 34 heavy (non-hydrogen) atoms. The minimum Gasteiger partial charge on any atom is -0.456 e. The molecule has 0 aliphatic rings. The second-order valence-corrected chi connectivity index (χ2v) is 9.21. The van der Waals surface area contributed by atoms with Gasteiger partial charge in [0.25, 0.3) is 0 Å². The summed E-state index contributed by atoms with van der Waals surface area (Å²) in [6.45, 7) is 3.48. The van der Waals surface area contributed by atoms with E-state index in [1.165, 1.54) is 40.1 Å². The monoisotopic (exact) mass is 490 g/mol. The number of ether oxygens (including phenoxy) is 1. The number of ketones is 1. The fraction of sp³-hybridized carbons (Fsp3) is 0.154. The highest BCUT2D eigenvalue weighted by Gasteiger charge is 2.21. The number of hydrogen-bond acceptors (Lipinski definition) is 7. The number of carbonyl (C=O) groups is 3. The quantitative estimate of drug-likeness (QED) is 0.222. The van der Waals surface area contributed by atoms with E-state index in [-0.39, 0.29) is 23.9 Å². The van der Waals surface area contributed by atoms with Gasteiger partial charge in [0.1, 0.15) is 6.61 Å². The molecule has 1 amide bonds. The van der Waals surface area contributed by atoms with Gasteiger partial charge >= 0.3 is 5.97 Å². The lowest BCUT2D eigenvalue weighted by Gasteiger charge is -2.18. The second kappa shape index (κ2) is 10.5. The van der Waals surface area contributed by atoms with Crippen molar-refractivity contribution in [3.63, 3.8) is 0 Å². The van der Waals surface area contributed by atoms with Crippen molar-refractivity contribution in [2.24, 2.45) is 0 Å². The highest BCUT2D eigenvalue weighted by atomic mass is 32.1. The summed E-state index contributed by atoms with van der Waals surface area (Å²) < 4.78 is 5.46. The van der Waals surface area contributed by atoms with E-state index in [1.807, 2.05) is 29.6 Å². The number of anilines is 2. The van der Waals surface area contributed by atoms with Crippen LogP contribution in [0.1, 0.15) is 50.7 Å². The van der Waals surface area contributed by atoms with Crippen molar-refractivity contribution in [3.05, 3.63) is 98.7 Å². The SMILES string of the molecule is CCc1ccc(N(C(C)=O)c2nc(COC(=O)c3ccccc3C(=O)c3cccs3)cs2)cc1. The van der Waals surface area contributed by atoms with Gasteiger partial charge in [-0.05, 0) is 41.6 Å². The summed E-state index contributed by atoms with van der Waals surface area (Å²) in [5, 5.41) is 4.06. The van der Waals surface area contributed by atoms with Crippen LogP contribution in [-0.4, -0.2) is 22.6 Å². The van der Waals surface area contributed by atoms with Crippen molar-refractivity contribution in [3.8, 4) is 0 Å². The van der Waals surface area contributed by atoms with E-state index in [4.69, 9.17) is 4.74 Å². The van der Waals surface area contributed by atoms with Crippen LogP contribution in [0.2, 0.25) is 0 Å². The smallest absolute Gasteiger partial charge is 0.339 e. The molecule has 2 aromatic carbocycles. The Kier molecular flexibility index (Phi) is 7.30. The van der Waals surface area contributed by atoms with Gasteiger partial charge in [0.15, 0.2) is 5.13 Å². The number of carbonyl (C=O) groups excluding carboxylic acids is 3. The van der Waals surface area contributed by atoms with Crippen LogP contribution in [0.3, 0.4) is 0 Å². The summed E-state index contributed by atoms with van der Waals surface area (Å²) >= 11 is 2.62. The molecule has 6 nitrogen and oxygen atoms in total. The first kappa shape index (κ1) is 23.5. The number of rotatable bonds is 8. The summed E-state index contributed by atoms with van der Waals surface area (Å²) in [4.78, 5) is 44.5. The third-order valence-corrected chi connectivity index (χ3v) is 6.88. The Balaban J connectivity index is 1.48. The number of amides is 1. The first-order valence-corrected chi connectivity index (χ1v) is 12.4. The second-order valence-electron chi connectivity index (χ2n) is 7.42. The largest absolute Gasteiger partial charge is 0.456 e. The van der Waals surface area contributed by atoms with Gasteiger partial charge in [-0.2, -0.15) is 0 Å². The van der Waals surface area contributed by atoms with E-state index in [0.29, 0.717) is 21.3 Å². The van der Waals surface area contributed by atoms with E-state index in [9.17, 15) is 14.4 Å². The van der Waals surface area contributed by atoms with Crippen LogP contribution in [0, 0.1) is 0 Å². The van der Waals surface area contributed by atoms with Gasteiger partial charge in [-0.25, -0.2) is 9.78 Å². The molecule has 172 valence electrons. The van der Waals surface area contributed by atoms with Crippen molar-refractivity contribution in [1.29, 1.82) is 0 Å². The highest BCUT2D eigenvalue weighted by Crippen LogP contribution is 2.29.